The number of nitrogens with one attached hydrogen (secondary N) is 1. The highest BCUT2D eigenvalue weighted by atomic mass is 32.2. The molecule has 1 aliphatic heterocycles. The zero-order chi connectivity index (χ0) is 22.6. The molecule has 0 aliphatic carbocycles. The van der Waals surface area contributed by atoms with E-state index >= 15 is 0 Å². The summed E-state index contributed by atoms with van der Waals surface area (Å²) in [4.78, 5) is 27.0. The number of amides is 1. The van der Waals surface area contributed by atoms with Gasteiger partial charge in [-0.25, -0.2) is 8.42 Å². The summed E-state index contributed by atoms with van der Waals surface area (Å²) in [6, 6.07) is 10.1. The average molecular weight is 447 g/mol. The van der Waals surface area contributed by atoms with Gasteiger partial charge in [0.1, 0.15) is 6.54 Å². The molecular weight excluding hydrogens is 416 g/mol. The van der Waals surface area contributed by atoms with Crippen LogP contribution >= 0.6 is 0 Å². The van der Waals surface area contributed by atoms with Crippen LogP contribution in [0.3, 0.4) is 0 Å². The number of rotatable bonds is 8. The standard InChI is InChI=1S/C22H30N4O4S/c1-4-26(5-2)31(29,30)20-10-11-22(28)25(15-20)16-21(27)23-18-6-8-19(9-7-18)24-13-12-17(3)14-24/h6-11,15,17H,4-5,12-14,16H2,1-3H3,(H,23,27). The maximum absolute atomic E-state index is 12.7. The fourth-order valence-corrected chi connectivity index (χ4v) is 5.26. The summed E-state index contributed by atoms with van der Waals surface area (Å²) in [5.41, 5.74) is 1.31. The molecule has 1 saturated heterocycles. The largest absolute Gasteiger partial charge is 0.371 e. The Kier molecular flexibility index (Phi) is 7.17. The minimum absolute atomic E-state index is 0.00667. The number of anilines is 2. The Bertz CT molecular complexity index is 1080. The Morgan fingerprint density at radius 3 is 2.39 bits per heavy atom. The van der Waals surface area contributed by atoms with E-state index in [0.29, 0.717) is 24.7 Å². The number of sulfonamides is 1. The van der Waals surface area contributed by atoms with Gasteiger partial charge in [-0.3, -0.25) is 9.59 Å². The van der Waals surface area contributed by atoms with Crippen molar-refractivity contribution >= 4 is 27.3 Å². The van der Waals surface area contributed by atoms with E-state index in [1.807, 2.05) is 24.3 Å². The van der Waals surface area contributed by atoms with Gasteiger partial charge in [0.25, 0.3) is 5.56 Å². The Labute approximate surface area is 183 Å². The van der Waals surface area contributed by atoms with Gasteiger partial charge in [0.15, 0.2) is 0 Å². The van der Waals surface area contributed by atoms with Gasteiger partial charge in [-0.2, -0.15) is 4.31 Å². The van der Waals surface area contributed by atoms with Crippen LogP contribution in [0.2, 0.25) is 0 Å². The number of pyridine rings is 1. The molecule has 0 saturated carbocycles. The maximum atomic E-state index is 12.7. The van der Waals surface area contributed by atoms with E-state index in [4.69, 9.17) is 0 Å². The van der Waals surface area contributed by atoms with Crippen LogP contribution in [0.1, 0.15) is 27.2 Å². The molecule has 31 heavy (non-hydrogen) atoms. The molecule has 1 fully saturated rings. The van der Waals surface area contributed by atoms with E-state index in [9.17, 15) is 18.0 Å². The number of hydrogen-bond donors (Lipinski definition) is 1. The Morgan fingerprint density at radius 2 is 1.81 bits per heavy atom. The molecular formula is C22H30N4O4S. The van der Waals surface area contributed by atoms with Crippen molar-refractivity contribution < 1.29 is 13.2 Å². The lowest BCUT2D eigenvalue weighted by Crippen LogP contribution is -2.33. The van der Waals surface area contributed by atoms with E-state index in [1.165, 1.54) is 29.1 Å². The zero-order valence-electron chi connectivity index (χ0n) is 18.2. The van der Waals surface area contributed by atoms with Crippen LogP contribution in [-0.2, 0) is 21.4 Å². The van der Waals surface area contributed by atoms with Crippen molar-refractivity contribution in [3.8, 4) is 0 Å². The van der Waals surface area contributed by atoms with Gasteiger partial charge in [0.2, 0.25) is 15.9 Å². The fraction of sp³-hybridized carbons (Fsp3) is 0.455. The molecule has 8 nitrogen and oxygen atoms in total. The topological polar surface area (TPSA) is 91.7 Å². The summed E-state index contributed by atoms with van der Waals surface area (Å²) in [6.07, 6.45) is 2.41. The van der Waals surface area contributed by atoms with Crippen LogP contribution < -0.4 is 15.8 Å². The normalized spacial score (nSPS) is 16.6. The smallest absolute Gasteiger partial charge is 0.251 e. The second kappa shape index (κ2) is 9.65. The predicted molar refractivity (Wildman–Crippen MR) is 122 cm³/mol. The fourth-order valence-electron chi connectivity index (χ4n) is 3.78. The minimum Gasteiger partial charge on any atom is -0.371 e. The summed E-state index contributed by atoms with van der Waals surface area (Å²) < 4.78 is 27.8. The van der Waals surface area contributed by atoms with Gasteiger partial charge in [-0.1, -0.05) is 20.8 Å². The molecule has 1 N–H and O–H groups in total. The number of carbonyl (C=O) groups excluding carboxylic acids is 1. The molecule has 1 aromatic carbocycles. The molecule has 1 amide bonds. The van der Waals surface area contributed by atoms with Gasteiger partial charge >= 0.3 is 0 Å². The lowest BCUT2D eigenvalue weighted by atomic mass is 10.2. The molecule has 0 spiro atoms. The van der Waals surface area contributed by atoms with Crippen LogP contribution in [0.4, 0.5) is 11.4 Å². The maximum Gasteiger partial charge on any atom is 0.251 e. The second-order valence-corrected chi connectivity index (χ2v) is 9.79. The first-order chi connectivity index (χ1) is 14.7. The van der Waals surface area contributed by atoms with Crippen LogP contribution in [0.5, 0.6) is 0 Å². The van der Waals surface area contributed by atoms with Crippen molar-refractivity contribution in [1.29, 1.82) is 0 Å². The molecule has 168 valence electrons. The van der Waals surface area contributed by atoms with E-state index in [1.54, 1.807) is 13.8 Å². The SMILES string of the molecule is CCN(CC)S(=O)(=O)c1ccc(=O)n(CC(=O)Nc2ccc(N3CCC(C)C3)cc2)c1. The van der Waals surface area contributed by atoms with E-state index in [0.717, 1.165) is 23.3 Å². The van der Waals surface area contributed by atoms with Gasteiger partial charge in [-0.05, 0) is 42.7 Å². The van der Waals surface area contributed by atoms with Gasteiger partial charge in [0, 0.05) is 49.8 Å². The summed E-state index contributed by atoms with van der Waals surface area (Å²) in [5.74, 6) is 0.279. The number of nitrogens with zero attached hydrogens (tertiary/aromatic N) is 3. The third-order valence-corrected chi connectivity index (χ3v) is 7.59. The Balaban J connectivity index is 1.70. The molecule has 1 unspecified atom stereocenters. The van der Waals surface area contributed by atoms with Crippen LogP contribution in [0, 0.1) is 5.92 Å². The van der Waals surface area contributed by atoms with Crippen molar-refractivity contribution in [1.82, 2.24) is 8.87 Å². The molecule has 1 aromatic heterocycles. The van der Waals surface area contributed by atoms with Crippen molar-refractivity contribution in [2.75, 3.05) is 36.4 Å². The second-order valence-electron chi connectivity index (χ2n) is 7.86. The summed E-state index contributed by atoms with van der Waals surface area (Å²) in [6.45, 7) is 8.17. The molecule has 0 bridgehead atoms. The number of carbonyl (C=O) groups is 1. The van der Waals surface area contributed by atoms with E-state index < -0.39 is 21.5 Å². The molecule has 2 aromatic rings. The van der Waals surface area contributed by atoms with Crippen LogP contribution in [0.25, 0.3) is 0 Å². The Morgan fingerprint density at radius 1 is 1.13 bits per heavy atom. The predicted octanol–water partition coefficient (Wildman–Crippen LogP) is 2.36. The van der Waals surface area contributed by atoms with Crippen molar-refractivity contribution in [3.63, 3.8) is 0 Å². The molecule has 9 heteroatoms. The van der Waals surface area contributed by atoms with Gasteiger partial charge in [0.05, 0.1) is 4.90 Å². The van der Waals surface area contributed by atoms with Crippen LogP contribution in [0.15, 0.2) is 52.3 Å². The van der Waals surface area contributed by atoms with Crippen molar-refractivity contribution in [2.45, 2.75) is 38.6 Å². The third-order valence-electron chi connectivity index (χ3n) is 5.55. The highest BCUT2D eigenvalue weighted by Gasteiger charge is 2.23. The highest BCUT2D eigenvalue weighted by Crippen LogP contribution is 2.24. The summed E-state index contributed by atoms with van der Waals surface area (Å²) in [7, 11) is -3.71. The third kappa shape index (κ3) is 5.34. The Hall–Kier alpha value is -2.65. The average Bonchev–Trinajstić information content (AvgIpc) is 3.17. The minimum atomic E-state index is -3.71. The van der Waals surface area contributed by atoms with Crippen LogP contribution in [-0.4, -0.2) is 49.4 Å². The van der Waals surface area contributed by atoms with Gasteiger partial charge in [-0.15, -0.1) is 0 Å². The lowest BCUT2D eigenvalue weighted by molar-refractivity contribution is -0.116. The first-order valence-electron chi connectivity index (χ1n) is 10.6. The molecule has 0 radical (unpaired) electrons. The summed E-state index contributed by atoms with van der Waals surface area (Å²) in [5, 5.41) is 2.77. The van der Waals surface area contributed by atoms with Crippen molar-refractivity contribution in [2.24, 2.45) is 5.92 Å². The van der Waals surface area contributed by atoms with Crippen molar-refractivity contribution in [3.05, 3.63) is 52.9 Å². The molecule has 1 atom stereocenters. The molecule has 1 aliphatic rings. The highest BCUT2D eigenvalue weighted by molar-refractivity contribution is 7.89. The first-order valence-corrected chi connectivity index (χ1v) is 12.0. The van der Waals surface area contributed by atoms with E-state index in [-0.39, 0.29) is 11.4 Å². The zero-order valence-corrected chi connectivity index (χ0v) is 19.1. The molecule has 3 rings (SSSR count). The number of aromatic nitrogens is 1. The van der Waals surface area contributed by atoms with E-state index in [2.05, 4.69) is 17.1 Å². The summed E-state index contributed by atoms with van der Waals surface area (Å²) >= 11 is 0. The lowest BCUT2D eigenvalue weighted by Gasteiger charge is -2.19. The first kappa shape index (κ1) is 23.0. The monoisotopic (exact) mass is 446 g/mol. The number of hydrogen-bond acceptors (Lipinski definition) is 5. The van der Waals surface area contributed by atoms with Gasteiger partial charge < -0.3 is 14.8 Å². The number of benzene rings is 1. The molecule has 2 heterocycles. The quantitative estimate of drug-likeness (QED) is 0.672.